The average Bonchev–Trinajstić information content (AvgIpc) is 2.55. The highest BCUT2D eigenvalue weighted by molar-refractivity contribution is 6.43. The first-order valence-corrected chi connectivity index (χ1v) is 8.56. The van der Waals surface area contributed by atoms with Gasteiger partial charge < -0.3 is 16.0 Å². The molecule has 0 unspecified atom stereocenters. The number of amides is 3. The Hall–Kier alpha value is -1.99. The van der Waals surface area contributed by atoms with E-state index in [9.17, 15) is 14.4 Å². The largest absolute Gasteiger partial charge is 0.339 e. The zero-order valence-corrected chi connectivity index (χ0v) is 15.9. The van der Waals surface area contributed by atoms with Crippen LogP contribution < -0.4 is 16.0 Å². The molecule has 0 atom stereocenters. The Morgan fingerprint density at radius 3 is 2.00 bits per heavy atom. The van der Waals surface area contributed by atoms with Gasteiger partial charge in [-0.05, 0) is 36.4 Å². The molecule has 2 aromatic rings. The van der Waals surface area contributed by atoms with Crippen LogP contribution in [0, 0.1) is 0 Å². The monoisotopic (exact) mass is 433 g/mol. The summed E-state index contributed by atoms with van der Waals surface area (Å²) in [6, 6.07) is 8.84. The van der Waals surface area contributed by atoms with Crippen molar-refractivity contribution in [3.8, 4) is 0 Å². The molecule has 0 heterocycles. The lowest BCUT2D eigenvalue weighted by Crippen LogP contribution is -2.39. The lowest BCUT2D eigenvalue weighted by Gasteiger charge is -2.08. The molecular formula is C16H11Cl4N3O3. The minimum atomic E-state index is -0.990. The van der Waals surface area contributed by atoms with Crippen molar-refractivity contribution in [2.75, 3.05) is 17.2 Å². The summed E-state index contributed by atoms with van der Waals surface area (Å²) in [6.07, 6.45) is 0. The van der Waals surface area contributed by atoms with Gasteiger partial charge in [-0.2, -0.15) is 0 Å². The molecule has 0 fully saturated rings. The molecular weight excluding hydrogens is 424 g/mol. The van der Waals surface area contributed by atoms with E-state index in [4.69, 9.17) is 46.4 Å². The van der Waals surface area contributed by atoms with Gasteiger partial charge in [0, 0.05) is 21.4 Å². The SMILES string of the molecule is O=C(CNC(=O)C(=O)Nc1ccc(Cl)c(Cl)c1)Nc1cc(Cl)cc(Cl)c1. The third-order valence-corrected chi connectivity index (χ3v) is 4.11. The van der Waals surface area contributed by atoms with Crippen LogP contribution in [0.4, 0.5) is 11.4 Å². The first-order valence-electron chi connectivity index (χ1n) is 7.05. The van der Waals surface area contributed by atoms with E-state index in [2.05, 4.69) is 16.0 Å². The fourth-order valence-electron chi connectivity index (χ4n) is 1.83. The summed E-state index contributed by atoms with van der Waals surface area (Å²) in [5, 5.41) is 8.25. The summed E-state index contributed by atoms with van der Waals surface area (Å²) >= 11 is 23.2. The topological polar surface area (TPSA) is 87.3 Å². The average molecular weight is 435 g/mol. The van der Waals surface area contributed by atoms with Crippen molar-refractivity contribution in [3.63, 3.8) is 0 Å². The Morgan fingerprint density at radius 1 is 0.731 bits per heavy atom. The molecule has 0 saturated carbocycles. The molecule has 6 nitrogen and oxygen atoms in total. The molecule has 0 saturated heterocycles. The Balaban J connectivity index is 1.85. The van der Waals surface area contributed by atoms with Gasteiger partial charge in [-0.15, -0.1) is 0 Å². The normalized spacial score (nSPS) is 10.2. The van der Waals surface area contributed by atoms with Crippen LogP contribution in [0.15, 0.2) is 36.4 Å². The third-order valence-electron chi connectivity index (χ3n) is 2.94. The molecule has 2 aromatic carbocycles. The van der Waals surface area contributed by atoms with Crippen molar-refractivity contribution in [1.82, 2.24) is 5.32 Å². The second kappa shape index (κ2) is 9.09. The minimum absolute atomic E-state index is 0.226. The van der Waals surface area contributed by atoms with Gasteiger partial charge in [-0.1, -0.05) is 46.4 Å². The van der Waals surface area contributed by atoms with Gasteiger partial charge in [0.1, 0.15) is 0 Å². The molecule has 3 amide bonds. The second-order valence-electron chi connectivity index (χ2n) is 4.97. The van der Waals surface area contributed by atoms with Crippen LogP contribution in [0.25, 0.3) is 0 Å². The molecule has 26 heavy (non-hydrogen) atoms. The predicted molar refractivity (Wildman–Crippen MR) is 103 cm³/mol. The molecule has 0 aliphatic heterocycles. The first kappa shape index (κ1) is 20.3. The number of anilines is 2. The van der Waals surface area contributed by atoms with Crippen LogP contribution in [0.5, 0.6) is 0 Å². The van der Waals surface area contributed by atoms with Crippen molar-refractivity contribution in [1.29, 1.82) is 0 Å². The number of halogens is 4. The zero-order chi connectivity index (χ0) is 19.3. The lowest BCUT2D eigenvalue weighted by molar-refractivity contribution is -0.136. The molecule has 0 spiro atoms. The van der Waals surface area contributed by atoms with E-state index >= 15 is 0 Å². The number of benzene rings is 2. The zero-order valence-electron chi connectivity index (χ0n) is 12.9. The fourth-order valence-corrected chi connectivity index (χ4v) is 2.66. The Labute approximate surface area is 168 Å². The number of nitrogens with one attached hydrogen (secondary N) is 3. The molecule has 0 aliphatic rings. The molecule has 2 rings (SSSR count). The molecule has 3 N–H and O–H groups in total. The number of hydrogen-bond donors (Lipinski definition) is 3. The summed E-state index contributed by atoms with van der Waals surface area (Å²) in [5.74, 6) is -2.50. The van der Waals surface area contributed by atoms with E-state index in [1.54, 1.807) is 0 Å². The smallest absolute Gasteiger partial charge is 0.313 e. The molecule has 0 aliphatic carbocycles. The summed E-state index contributed by atoms with van der Waals surface area (Å²) < 4.78 is 0. The Morgan fingerprint density at radius 2 is 1.38 bits per heavy atom. The van der Waals surface area contributed by atoms with Crippen LogP contribution in [-0.2, 0) is 14.4 Å². The standard InChI is InChI=1S/C16H11Cl4N3O3/c17-8-3-9(18)5-11(4-8)22-14(24)7-21-15(25)16(26)23-10-1-2-12(19)13(20)6-10/h1-6H,7H2,(H,21,25)(H,22,24)(H,23,26). The van der Waals surface area contributed by atoms with Gasteiger partial charge in [-0.25, -0.2) is 0 Å². The number of carbonyl (C=O) groups excluding carboxylic acids is 3. The summed E-state index contributed by atoms with van der Waals surface area (Å²) in [6.45, 7) is -0.419. The van der Waals surface area contributed by atoms with E-state index in [0.29, 0.717) is 20.8 Å². The number of rotatable bonds is 4. The third kappa shape index (κ3) is 6.07. The maximum atomic E-state index is 11.8. The highest BCUT2D eigenvalue weighted by Crippen LogP contribution is 2.25. The van der Waals surface area contributed by atoms with Crippen LogP contribution >= 0.6 is 46.4 Å². The highest BCUT2D eigenvalue weighted by Gasteiger charge is 2.15. The van der Waals surface area contributed by atoms with Gasteiger partial charge in [0.15, 0.2) is 0 Å². The molecule has 10 heteroatoms. The summed E-state index contributed by atoms with van der Waals surface area (Å²) in [5.41, 5.74) is 0.652. The van der Waals surface area contributed by atoms with Gasteiger partial charge in [0.25, 0.3) is 0 Å². The summed E-state index contributed by atoms with van der Waals surface area (Å²) in [7, 11) is 0. The highest BCUT2D eigenvalue weighted by atomic mass is 35.5. The van der Waals surface area contributed by atoms with Gasteiger partial charge in [-0.3, -0.25) is 14.4 Å². The Kier molecular flexibility index (Phi) is 7.11. The fraction of sp³-hybridized carbons (Fsp3) is 0.0625. The van der Waals surface area contributed by atoms with E-state index in [0.717, 1.165) is 0 Å². The molecule has 136 valence electrons. The minimum Gasteiger partial charge on any atom is -0.339 e. The maximum absolute atomic E-state index is 11.8. The van der Waals surface area contributed by atoms with Gasteiger partial charge in [0.2, 0.25) is 5.91 Å². The second-order valence-corrected chi connectivity index (χ2v) is 6.66. The van der Waals surface area contributed by atoms with Crippen molar-refractivity contribution in [2.24, 2.45) is 0 Å². The quantitative estimate of drug-likeness (QED) is 0.635. The van der Waals surface area contributed by atoms with Crippen LogP contribution in [0.3, 0.4) is 0 Å². The maximum Gasteiger partial charge on any atom is 0.313 e. The van der Waals surface area contributed by atoms with Crippen LogP contribution in [-0.4, -0.2) is 24.3 Å². The van der Waals surface area contributed by atoms with E-state index in [1.165, 1.54) is 36.4 Å². The van der Waals surface area contributed by atoms with Crippen molar-refractivity contribution in [3.05, 3.63) is 56.5 Å². The van der Waals surface area contributed by atoms with Gasteiger partial charge in [0.05, 0.1) is 16.6 Å². The first-order chi connectivity index (χ1) is 12.2. The van der Waals surface area contributed by atoms with Crippen molar-refractivity contribution in [2.45, 2.75) is 0 Å². The van der Waals surface area contributed by atoms with Crippen molar-refractivity contribution < 1.29 is 14.4 Å². The summed E-state index contributed by atoms with van der Waals surface area (Å²) in [4.78, 5) is 35.4. The van der Waals surface area contributed by atoms with Crippen molar-refractivity contribution >= 4 is 75.5 Å². The molecule has 0 bridgehead atoms. The van der Waals surface area contributed by atoms with E-state index in [-0.39, 0.29) is 10.7 Å². The van der Waals surface area contributed by atoms with E-state index in [1.807, 2.05) is 0 Å². The lowest BCUT2D eigenvalue weighted by atomic mass is 10.3. The number of hydrogen-bond acceptors (Lipinski definition) is 3. The van der Waals surface area contributed by atoms with Gasteiger partial charge >= 0.3 is 11.8 Å². The molecule has 0 radical (unpaired) electrons. The Bertz CT molecular complexity index is 854. The van der Waals surface area contributed by atoms with Crippen LogP contribution in [0.1, 0.15) is 0 Å². The molecule has 0 aromatic heterocycles. The predicted octanol–water partition coefficient (Wildman–Crippen LogP) is 3.99. The number of carbonyl (C=O) groups is 3. The van der Waals surface area contributed by atoms with Crippen LogP contribution in [0.2, 0.25) is 20.1 Å². The van der Waals surface area contributed by atoms with E-state index < -0.39 is 24.3 Å².